The first-order valence-electron chi connectivity index (χ1n) is 15.6. The minimum Gasteiger partial charge on any atom is -0.508 e. The summed E-state index contributed by atoms with van der Waals surface area (Å²) in [5, 5.41) is 23.0. The molecule has 4 aliphatic rings. The number of aromatic hydroxyl groups is 1. The summed E-state index contributed by atoms with van der Waals surface area (Å²) in [6, 6.07) is 5.10. The summed E-state index contributed by atoms with van der Waals surface area (Å²) in [6.07, 6.45) is 8.69. The molecule has 8 nitrogen and oxygen atoms in total. The Labute approximate surface area is 257 Å². The normalized spacial score (nSPS) is 26.1. The van der Waals surface area contributed by atoms with Crippen LogP contribution in [0, 0.1) is 24.0 Å². The molecular weight excluding hydrogens is 583 g/mol. The number of halogens is 3. The lowest BCUT2D eigenvalue weighted by atomic mass is 9.94. The number of phenols is 1. The molecule has 2 N–H and O–H groups in total. The molecule has 45 heavy (non-hydrogen) atoms. The van der Waals surface area contributed by atoms with Crippen LogP contribution < -0.4 is 9.64 Å². The Balaban J connectivity index is 1.35. The highest BCUT2D eigenvalue weighted by atomic mass is 19.1. The van der Waals surface area contributed by atoms with Crippen molar-refractivity contribution >= 4 is 27.5 Å². The van der Waals surface area contributed by atoms with Crippen LogP contribution in [0.5, 0.6) is 11.8 Å². The number of aliphatic hydroxyl groups excluding tert-OH is 1. The summed E-state index contributed by atoms with van der Waals surface area (Å²) < 4.78 is 52.5. The van der Waals surface area contributed by atoms with Crippen LogP contribution in [0.3, 0.4) is 0 Å². The van der Waals surface area contributed by atoms with Crippen LogP contribution in [-0.4, -0.2) is 80.2 Å². The summed E-state index contributed by atoms with van der Waals surface area (Å²) >= 11 is 0. The van der Waals surface area contributed by atoms with E-state index in [-0.39, 0.29) is 58.6 Å². The molecule has 0 bridgehead atoms. The first-order chi connectivity index (χ1) is 21.8. The number of benzene rings is 2. The number of hydrogen-bond donors (Lipinski definition) is 2. The third-order valence-corrected chi connectivity index (χ3v) is 10.2. The first-order valence-corrected chi connectivity index (χ1v) is 15.6. The topological polar surface area (TPSA) is 94.8 Å². The van der Waals surface area contributed by atoms with Crippen LogP contribution in [0.25, 0.3) is 32.9 Å². The molecule has 232 valence electrons. The van der Waals surface area contributed by atoms with Crippen molar-refractivity contribution in [2.24, 2.45) is 0 Å². The fraction of sp³-hybridized carbons (Fsp3) is 0.441. The molecule has 0 saturated carbocycles. The zero-order chi connectivity index (χ0) is 31.0. The lowest BCUT2D eigenvalue weighted by molar-refractivity contribution is 0.107. The van der Waals surface area contributed by atoms with E-state index in [1.165, 1.54) is 24.3 Å². The van der Waals surface area contributed by atoms with E-state index >= 15 is 4.39 Å². The van der Waals surface area contributed by atoms with Gasteiger partial charge in [-0.1, -0.05) is 12.0 Å². The molecule has 3 saturated heterocycles. The second-order valence-electron chi connectivity index (χ2n) is 12.8. The zero-order valence-corrected chi connectivity index (χ0v) is 24.6. The van der Waals surface area contributed by atoms with Crippen molar-refractivity contribution in [2.45, 2.75) is 68.8 Å². The number of pyridine rings is 1. The van der Waals surface area contributed by atoms with Gasteiger partial charge in [0.05, 0.1) is 34.3 Å². The van der Waals surface area contributed by atoms with Crippen molar-refractivity contribution in [3.63, 3.8) is 0 Å². The molecule has 6 heterocycles. The lowest BCUT2D eigenvalue weighted by Crippen LogP contribution is -2.47. The molecule has 8 rings (SSSR count). The number of piperidine rings is 1. The van der Waals surface area contributed by atoms with Gasteiger partial charge in [-0.05, 0) is 62.2 Å². The van der Waals surface area contributed by atoms with E-state index in [1.807, 2.05) is 4.90 Å². The van der Waals surface area contributed by atoms with Crippen LogP contribution in [0.15, 0.2) is 24.3 Å². The molecule has 2 aromatic heterocycles. The molecule has 3 fully saturated rings. The Hall–Kier alpha value is -4.14. The summed E-state index contributed by atoms with van der Waals surface area (Å²) in [5.41, 5.74) is -0.288. The molecule has 0 amide bonds. The molecule has 4 atom stereocenters. The van der Waals surface area contributed by atoms with E-state index in [0.717, 1.165) is 38.6 Å². The van der Waals surface area contributed by atoms with Crippen molar-refractivity contribution in [3.05, 3.63) is 47.2 Å². The average molecular weight is 616 g/mol. The minimum absolute atomic E-state index is 0.0418. The molecular formula is C34H32F3N5O3. The standard InChI is InChI=1S/C34H32F3N5O3/c1-2-21-23(36)8-7-18-12-20(43)13-22(27(18)21)30-29(37)31-28-24(38-30)14-26(44)25-6-3-4-11-42(25)32(28)40-33(39-31)45-17-34-9-5-10-41(34)16-19(35)15-34/h1,7-8,12-13,19,25-26,43-44H,3-6,9-11,14-17H2/t19-,25?,26?,34+/m1/s1. The highest BCUT2D eigenvalue weighted by Gasteiger charge is 2.49. The van der Waals surface area contributed by atoms with Crippen LogP contribution in [0.1, 0.15) is 49.8 Å². The van der Waals surface area contributed by atoms with Gasteiger partial charge in [0.1, 0.15) is 41.4 Å². The van der Waals surface area contributed by atoms with Gasteiger partial charge in [0.25, 0.3) is 0 Å². The van der Waals surface area contributed by atoms with E-state index in [0.29, 0.717) is 41.8 Å². The van der Waals surface area contributed by atoms with Gasteiger partial charge in [-0.25, -0.2) is 18.2 Å². The first kappa shape index (κ1) is 28.3. The van der Waals surface area contributed by atoms with E-state index in [2.05, 4.69) is 15.8 Å². The predicted molar refractivity (Wildman–Crippen MR) is 163 cm³/mol. The highest BCUT2D eigenvalue weighted by molar-refractivity contribution is 6.03. The number of hydrogen-bond acceptors (Lipinski definition) is 8. The van der Waals surface area contributed by atoms with Crippen LogP contribution in [-0.2, 0) is 6.42 Å². The van der Waals surface area contributed by atoms with Gasteiger partial charge in [0.2, 0.25) is 0 Å². The van der Waals surface area contributed by atoms with Crippen molar-refractivity contribution < 1.29 is 28.1 Å². The van der Waals surface area contributed by atoms with E-state index in [9.17, 15) is 19.0 Å². The number of rotatable bonds is 4. The lowest BCUT2D eigenvalue weighted by Gasteiger charge is -2.38. The number of phenolic OH excluding ortho intramolecular Hbond substituents is 1. The maximum absolute atomic E-state index is 16.9. The largest absolute Gasteiger partial charge is 0.508 e. The van der Waals surface area contributed by atoms with Gasteiger partial charge in [-0.3, -0.25) is 4.90 Å². The Kier molecular flexibility index (Phi) is 6.59. The van der Waals surface area contributed by atoms with Gasteiger partial charge >= 0.3 is 6.01 Å². The highest BCUT2D eigenvalue weighted by Crippen LogP contribution is 2.44. The van der Waals surface area contributed by atoms with Crippen molar-refractivity contribution in [3.8, 4) is 35.4 Å². The molecule has 4 aliphatic heterocycles. The van der Waals surface area contributed by atoms with Gasteiger partial charge in [-0.15, -0.1) is 6.42 Å². The van der Waals surface area contributed by atoms with Gasteiger partial charge in [0.15, 0.2) is 5.82 Å². The maximum Gasteiger partial charge on any atom is 0.319 e. The number of alkyl halides is 1. The third-order valence-electron chi connectivity index (χ3n) is 10.2. The molecule has 0 spiro atoms. The molecule has 4 aromatic rings. The second kappa shape index (κ2) is 10.5. The Morgan fingerprint density at radius 2 is 1.96 bits per heavy atom. The van der Waals surface area contributed by atoms with Crippen molar-refractivity contribution in [2.75, 3.05) is 31.1 Å². The van der Waals surface area contributed by atoms with Gasteiger partial charge in [-0.2, -0.15) is 9.97 Å². The van der Waals surface area contributed by atoms with Crippen LogP contribution in [0.2, 0.25) is 0 Å². The number of aromatic nitrogens is 3. The monoisotopic (exact) mass is 615 g/mol. The summed E-state index contributed by atoms with van der Waals surface area (Å²) in [6.45, 7) is 1.94. The molecule has 2 unspecified atom stereocenters. The summed E-state index contributed by atoms with van der Waals surface area (Å²) in [4.78, 5) is 18.2. The van der Waals surface area contributed by atoms with Crippen LogP contribution >= 0.6 is 0 Å². The Morgan fingerprint density at radius 3 is 2.80 bits per heavy atom. The quantitative estimate of drug-likeness (QED) is 0.309. The number of anilines is 1. The number of terminal acetylenes is 1. The van der Waals surface area contributed by atoms with Crippen molar-refractivity contribution in [1.29, 1.82) is 0 Å². The summed E-state index contributed by atoms with van der Waals surface area (Å²) in [5.74, 6) is 1.17. The second-order valence-corrected chi connectivity index (χ2v) is 12.8. The number of aliphatic hydroxyl groups is 1. The SMILES string of the molecule is C#Cc1c(F)ccc2cc(O)cc(-c3nc4c5c(nc(OC[C@@]67CCCN6C[C@H](F)C7)nc5c3F)N3CCCCC3C(O)C4)c12. The summed E-state index contributed by atoms with van der Waals surface area (Å²) in [7, 11) is 0. The number of ether oxygens (including phenoxy) is 1. The molecule has 11 heteroatoms. The fourth-order valence-electron chi connectivity index (χ4n) is 8.16. The maximum atomic E-state index is 16.9. The van der Waals surface area contributed by atoms with E-state index in [4.69, 9.17) is 21.1 Å². The molecule has 2 aromatic carbocycles. The average Bonchev–Trinajstić information content (AvgIpc) is 3.52. The van der Waals surface area contributed by atoms with Gasteiger partial charge < -0.3 is 19.8 Å². The van der Waals surface area contributed by atoms with E-state index < -0.39 is 29.4 Å². The predicted octanol–water partition coefficient (Wildman–Crippen LogP) is 5.04. The number of nitrogens with zero attached hydrogens (tertiary/aromatic N) is 5. The third kappa shape index (κ3) is 4.41. The minimum atomic E-state index is -0.935. The van der Waals surface area contributed by atoms with Crippen molar-refractivity contribution in [1.82, 2.24) is 19.9 Å². The van der Waals surface area contributed by atoms with Crippen LogP contribution in [0.4, 0.5) is 19.0 Å². The zero-order valence-electron chi connectivity index (χ0n) is 24.6. The Bertz CT molecular complexity index is 1910. The number of fused-ring (bicyclic) bond motifs is 4. The van der Waals surface area contributed by atoms with Gasteiger partial charge in [0, 0.05) is 36.9 Å². The molecule has 0 aliphatic carbocycles. The van der Waals surface area contributed by atoms with E-state index in [1.54, 1.807) is 0 Å². The fourth-order valence-corrected chi connectivity index (χ4v) is 8.16. The molecule has 0 radical (unpaired) electrons. The Morgan fingerprint density at radius 1 is 1.09 bits per heavy atom. The smallest absolute Gasteiger partial charge is 0.319 e.